The van der Waals surface area contributed by atoms with Crippen LogP contribution in [0.5, 0.6) is 0 Å². The van der Waals surface area contributed by atoms with E-state index in [-0.39, 0.29) is 35.5 Å². The van der Waals surface area contributed by atoms with Crippen molar-refractivity contribution in [3.63, 3.8) is 0 Å². The molecule has 2 fully saturated rings. The van der Waals surface area contributed by atoms with Gasteiger partial charge in [0.25, 0.3) is 0 Å². The SMILES string of the molecule is CCCC=C1OC(=O)C2=C1CC[C@@H]1[C@H]2[C@@]23C=CCC[C@@H]2[C@]1(C(=O)CCC)OC3=O. The van der Waals surface area contributed by atoms with Crippen LogP contribution in [0.3, 0.4) is 0 Å². The van der Waals surface area contributed by atoms with Crippen molar-refractivity contribution in [2.45, 2.75) is 70.8 Å². The van der Waals surface area contributed by atoms with Crippen LogP contribution in [0.2, 0.25) is 0 Å². The lowest BCUT2D eigenvalue weighted by Gasteiger charge is -2.42. The summed E-state index contributed by atoms with van der Waals surface area (Å²) < 4.78 is 11.7. The Balaban J connectivity index is 1.70. The second kappa shape index (κ2) is 6.41. The second-order valence-electron chi connectivity index (χ2n) is 9.08. The number of Topliss-reactive ketones (excluding diaryl/α,β-unsaturated/α-hetero) is 1. The van der Waals surface area contributed by atoms with Crippen LogP contribution >= 0.6 is 0 Å². The van der Waals surface area contributed by atoms with Gasteiger partial charge in [-0.2, -0.15) is 0 Å². The van der Waals surface area contributed by atoms with Crippen molar-refractivity contribution < 1.29 is 23.9 Å². The first-order valence-corrected chi connectivity index (χ1v) is 11.1. The van der Waals surface area contributed by atoms with Gasteiger partial charge in [-0.3, -0.25) is 9.59 Å². The standard InChI is InChI=1S/C24H28O5/c1-3-5-9-16-14-11-12-15-20(19(14)21(26)28-16)23-13-7-6-10-17(23)24(15,29-22(23)27)18(25)8-4-2/h7,9,13,15,17,20H,3-6,8,10-12H2,1-2H3/t15-,17+,20-,23-,24-/m1/s1. The molecule has 5 aliphatic rings. The zero-order valence-electron chi connectivity index (χ0n) is 17.2. The molecule has 1 saturated heterocycles. The Morgan fingerprint density at radius 3 is 2.83 bits per heavy atom. The summed E-state index contributed by atoms with van der Waals surface area (Å²) in [6.07, 6.45) is 12.0. The molecule has 29 heavy (non-hydrogen) atoms. The van der Waals surface area contributed by atoms with Crippen LogP contribution < -0.4 is 0 Å². The van der Waals surface area contributed by atoms with Crippen LogP contribution in [0.25, 0.3) is 0 Å². The Hall–Kier alpha value is -2.17. The molecule has 0 unspecified atom stereocenters. The number of allylic oxidation sites excluding steroid dienone is 3. The number of carbonyl (C=O) groups excluding carboxylic acids is 3. The van der Waals surface area contributed by atoms with Crippen molar-refractivity contribution in [1.82, 2.24) is 0 Å². The summed E-state index contributed by atoms with van der Waals surface area (Å²) in [5.41, 5.74) is -0.373. The van der Waals surface area contributed by atoms with Crippen molar-refractivity contribution >= 4 is 17.7 Å². The molecule has 0 N–H and O–H groups in total. The minimum absolute atomic E-state index is 0.0418. The van der Waals surface area contributed by atoms with Crippen molar-refractivity contribution in [2.24, 2.45) is 23.2 Å². The fourth-order valence-electron chi connectivity index (χ4n) is 6.84. The van der Waals surface area contributed by atoms with Crippen LogP contribution in [0.15, 0.2) is 35.1 Å². The highest BCUT2D eigenvalue weighted by molar-refractivity contribution is 6.03. The molecule has 1 saturated carbocycles. The molecule has 2 bridgehead atoms. The molecular weight excluding hydrogens is 368 g/mol. The first-order chi connectivity index (χ1) is 14.0. The monoisotopic (exact) mass is 396 g/mol. The number of carbonyl (C=O) groups is 3. The molecule has 0 radical (unpaired) electrons. The van der Waals surface area contributed by atoms with E-state index < -0.39 is 11.0 Å². The molecule has 0 aromatic carbocycles. The maximum absolute atomic E-state index is 13.4. The highest BCUT2D eigenvalue weighted by Gasteiger charge is 2.81. The van der Waals surface area contributed by atoms with Gasteiger partial charge < -0.3 is 9.47 Å². The first kappa shape index (κ1) is 18.8. The predicted octanol–water partition coefficient (Wildman–Crippen LogP) is 4.18. The van der Waals surface area contributed by atoms with Crippen molar-refractivity contribution in [1.29, 1.82) is 0 Å². The van der Waals surface area contributed by atoms with Gasteiger partial charge in [0.2, 0.25) is 0 Å². The molecule has 5 nitrogen and oxygen atoms in total. The number of hydrogen-bond acceptors (Lipinski definition) is 5. The Kier molecular flexibility index (Phi) is 4.17. The van der Waals surface area contributed by atoms with Crippen molar-refractivity contribution in [2.75, 3.05) is 0 Å². The zero-order valence-corrected chi connectivity index (χ0v) is 17.2. The molecule has 0 aromatic rings. The fourth-order valence-corrected chi connectivity index (χ4v) is 6.84. The number of fused-ring (bicyclic) bond motifs is 3. The van der Waals surface area contributed by atoms with E-state index in [2.05, 4.69) is 6.92 Å². The normalized spacial score (nSPS) is 40.6. The maximum atomic E-state index is 13.4. The van der Waals surface area contributed by atoms with Gasteiger partial charge in [0, 0.05) is 35.3 Å². The summed E-state index contributed by atoms with van der Waals surface area (Å²) >= 11 is 0. The van der Waals surface area contributed by atoms with E-state index in [1.54, 1.807) is 0 Å². The Morgan fingerprint density at radius 1 is 1.24 bits per heavy atom. The van der Waals surface area contributed by atoms with Gasteiger partial charge in [-0.05, 0) is 44.6 Å². The van der Waals surface area contributed by atoms with E-state index >= 15 is 0 Å². The van der Waals surface area contributed by atoms with E-state index in [4.69, 9.17) is 9.47 Å². The van der Waals surface area contributed by atoms with Crippen molar-refractivity contribution in [3.05, 3.63) is 35.1 Å². The average Bonchev–Trinajstić information content (AvgIpc) is 3.28. The van der Waals surface area contributed by atoms with E-state index in [1.807, 2.05) is 25.2 Å². The van der Waals surface area contributed by atoms with E-state index in [0.717, 1.165) is 44.1 Å². The molecule has 154 valence electrons. The average molecular weight is 396 g/mol. The largest absolute Gasteiger partial charge is 0.450 e. The van der Waals surface area contributed by atoms with Crippen molar-refractivity contribution in [3.8, 4) is 0 Å². The van der Waals surface area contributed by atoms with Crippen LogP contribution in [-0.4, -0.2) is 23.3 Å². The summed E-state index contributed by atoms with van der Waals surface area (Å²) in [6, 6.07) is 0. The van der Waals surface area contributed by atoms with E-state index in [0.29, 0.717) is 24.2 Å². The summed E-state index contributed by atoms with van der Waals surface area (Å²) in [4.78, 5) is 39.7. The number of hydrogen-bond donors (Lipinski definition) is 0. The van der Waals surface area contributed by atoms with Gasteiger partial charge in [0.05, 0.1) is 0 Å². The summed E-state index contributed by atoms with van der Waals surface area (Å²) in [7, 11) is 0. The molecule has 0 amide bonds. The number of ketones is 1. The lowest BCUT2D eigenvalue weighted by Crippen LogP contribution is -2.52. The third-order valence-corrected chi connectivity index (χ3v) is 7.79. The minimum atomic E-state index is -1.07. The maximum Gasteiger partial charge on any atom is 0.340 e. The second-order valence-corrected chi connectivity index (χ2v) is 9.08. The van der Waals surface area contributed by atoms with Crippen LogP contribution in [0, 0.1) is 23.2 Å². The quantitative estimate of drug-likeness (QED) is 0.515. The molecular formula is C24H28O5. The van der Waals surface area contributed by atoms with Gasteiger partial charge in [0.1, 0.15) is 11.2 Å². The van der Waals surface area contributed by atoms with Crippen LogP contribution in [0.4, 0.5) is 0 Å². The molecule has 3 aliphatic carbocycles. The van der Waals surface area contributed by atoms with Gasteiger partial charge in [-0.25, -0.2) is 4.79 Å². The third kappa shape index (κ3) is 2.14. The van der Waals surface area contributed by atoms with Crippen LogP contribution in [-0.2, 0) is 23.9 Å². The number of rotatable bonds is 5. The number of esters is 2. The fraction of sp³-hybridized carbons (Fsp3) is 0.625. The number of ether oxygens (including phenoxy) is 2. The predicted molar refractivity (Wildman–Crippen MR) is 105 cm³/mol. The van der Waals surface area contributed by atoms with Gasteiger partial charge in [-0.15, -0.1) is 0 Å². The van der Waals surface area contributed by atoms with E-state index in [9.17, 15) is 14.4 Å². The molecule has 0 spiro atoms. The van der Waals surface area contributed by atoms with E-state index in [1.165, 1.54) is 0 Å². The molecule has 5 heteroatoms. The highest BCUT2D eigenvalue weighted by Crippen LogP contribution is 2.72. The Morgan fingerprint density at radius 2 is 2.07 bits per heavy atom. The zero-order chi connectivity index (χ0) is 20.4. The van der Waals surface area contributed by atoms with Gasteiger partial charge in [-0.1, -0.05) is 32.4 Å². The van der Waals surface area contributed by atoms with Crippen LogP contribution in [0.1, 0.15) is 65.2 Å². The van der Waals surface area contributed by atoms with Gasteiger partial charge >= 0.3 is 11.9 Å². The third-order valence-electron chi connectivity index (χ3n) is 7.79. The Bertz CT molecular complexity index is 893. The number of unbranched alkanes of at least 4 members (excludes halogenated alkanes) is 1. The molecule has 0 aromatic heterocycles. The first-order valence-electron chi connectivity index (χ1n) is 11.1. The molecule has 5 rings (SSSR count). The molecule has 2 aliphatic heterocycles. The Labute approximate surface area is 171 Å². The highest BCUT2D eigenvalue weighted by atomic mass is 16.6. The summed E-state index contributed by atoms with van der Waals surface area (Å²) in [6.45, 7) is 4.07. The number of cyclic esters (lactones) is 1. The summed E-state index contributed by atoms with van der Waals surface area (Å²) in [5.74, 6) is -0.564. The molecule has 2 heterocycles. The lowest BCUT2D eigenvalue weighted by molar-refractivity contribution is -0.176. The smallest absolute Gasteiger partial charge is 0.340 e. The minimum Gasteiger partial charge on any atom is -0.450 e. The topological polar surface area (TPSA) is 69.7 Å². The van der Waals surface area contributed by atoms with Gasteiger partial charge in [0.15, 0.2) is 11.4 Å². The summed E-state index contributed by atoms with van der Waals surface area (Å²) in [5, 5.41) is 0. The molecule has 5 atom stereocenters. The lowest BCUT2D eigenvalue weighted by atomic mass is 9.62.